The number of methoxy groups -OCH3 is 1. The molecule has 26 heavy (non-hydrogen) atoms. The highest BCUT2D eigenvalue weighted by molar-refractivity contribution is 6.02. The molecule has 0 bridgehead atoms. The molecule has 1 aliphatic heterocycles. The largest absolute Gasteiger partial charge is 0.495 e. The van der Waals surface area contributed by atoms with Crippen LogP contribution in [0, 0.1) is 0 Å². The predicted molar refractivity (Wildman–Crippen MR) is 92.6 cm³/mol. The summed E-state index contributed by atoms with van der Waals surface area (Å²) in [6, 6.07) is 8.85. The minimum Gasteiger partial charge on any atom is -0.495 e. The topological polar surface area (TPSA) is 106 Å². The third kappa shape index (κ3) is 2.85. The zero-order valence-corrected chi connectivity index (χ0v) is 14.0. The maximum Gasteiger partial charge on any atom is 0.228 e. The van der Waals surface area contributed by atoms with Crippen molar-refractivity contribution in [3.05, 3.63) is 48.0 Å². The number of aromatic nitrogens is 2. The molecule has 0 saturated carbocycles. The number of fused-ring (bicyclic) bond motifs is 2. The molecule has 2 amide bonds. The lowest BCUT2D eigenvalue weighted by Crippen LogP contribution is -2.35. The van der Waals surface area contributed by atoms with Crippen molar-refractivity contribution in [2.24, 2.45) is 0 Å². The van der Waals surface area contributed by atoms with Crippen LogP contribution in [0.4, 0.5) is 5.69 Å². The summed E-state index contributed by atoms with van der Waals surface area (Å²) in [5.41, 5.74) is 2.31. The smallest absolute Gasteiger partial charge is 0.228 e. The molecule has 0 fully saturated rings. The van der Waals surface area contributed by atoms with Crippen molar-refractivity contribution in [1.82, 2.24) is 15.3 Å². The van der Waals surface area contributed by atoms with Gasteiger partial charge in [0.25, 0.3) is 0 Å². The van der Waals surface area contributed by atoms with Crippen LogP contribution < -0.4 is 15.4 Å². The van der Waals surface area contributed by atoms with E-state index >= 15 is 0 Å². The number of carbonyl (C=O) groups excluding carboxylic acids is 2. The number of benzene rings is 1. The number of nitrogens with one attached hydrogen (secondary N) is 2. The molecular formula is C18H16N4O4. The second-order valence-electron chi connectivity index (χ2n) is 5.88. The average Bonchev–Trinajstić information content (AvgIpc) is 3.08. The summed E-state index contributed by atoms with van der Waals surface area (Å²) in [5.74, 6) is -0.217. The van der Waals surface area contributed by atoms with Crippen LogP contribution in [0.25, 0.3) is 11.2 Å². The van der Waals surface area contributed by atoms with E-state index in [1.165, 1.54) is 7.11 Å². The number of carbonyl (C=O) groups is 2. The molecule has 0 radical (unpaired) electrons. The summed E-state index contributed by atoms with van der Waals surface area (Å²) in [5, 5.41) is 5.56. The van der Waals surface area contributed by atoms with E-state index in [1.54, 1.807) is 30.5 Å². The van der Waals surface area contributed by atoms with Crippen LogP contribution >= 0.6 is 0 Å². The van der Waals surface area contributed by atoms with Gasteiger partial charge in [-0.1, -0.05) is 12.1 Å². The molecule has 1 atom stereocenters. The monoisotopic (exact) mass is 352 g/mol. The van der Waals surface area contributed by atoms with Crippen LogP contribution in [0.2, 0.25) is 0 Å². The molecule has 0 aliphatic carbocycles. The lowest BCUT2D eigenvalue weighted by molar-refractivity contribution is -0.126. The van der Waals surface area contributed by atoms with Gasteiger partial charge < -0.3 is 19.8 Å². The van der Waals surface area contributed by atoms with Crippen LogP contribution in [0.5, 0.6) is 5.75 Å². The molecule has 1 aromatic carbocycles. The van der Waals surface area contributed by atoms with Gasteiger partial charge in [-0.3, -0.25) is 9.59 Å². The summed E-state index contributed by atoms with van der Waals surface area (Å²) in [4.78, 5) is 33.0. The highest BCUT2D eigenvalue weighted by Crippen LogP contribution is 2.38. The molecule has 0 saturated heterocycles. The molecule has 3 aromatic rings. The van der Waals surface area contributed by atoms with Crippen LogP contribution in [0.3, 0.4) is 0 Å². The van der Waals surface area contributed by atoms with Crippen molar-refractivity contribution < 1.29 is 18.7 Å². The first-order chi connectivity index (χ1) is 12.7. The normalized spacial score (nSPS) is 16.0. The number of hydrogen-bond acceptors (Lipinski definition) is 6. The van der Waals surface area contributed by atoms with E-state index in [0.717, 1.165) is 5.56 Å². The third-order valence-corrected chi connectivity index (χ3v) is 4.25. The Morgan fingerprint density at radius 2 is 2.27 bits per heavy atom. The molecule has 1 aliphatic rings. The third-order valence-electron chi connectivity index (χ3n) is 4.25. The Labute approximate surface area is 148 Å². The number of pyridine rings is 1. The number of hydrogen-bond donors (Lipinski definition) is 2. The molecule has 2 aromatic heterocycles. The summed E-state index contributed by atoms with van der Waals surface area (Å²) in [6.07, 6.45) is 1.69. The minimum atomic E-state index is -0.601. The van der Waals surface area contributed by atoms with Crippen molar-refractivity contribution in [2.75, 3.05) is 12.4 Å². The maximum atomic E-state index is 12.7. The van der Waals surface area contributed by atoms with Gasteiger partial charge in [0.2, 0.25) is 17.7 Å². The number of rotatable bonds is 4. The van der Waals surface area contributed by atoms with Gasteiger partial charge in [0, 0.05) is 12.6 Å². The van der Waals surface area contributed by atoms with Crippen molar-refractivity contribution in [1.29, 1.82) is 0 Å². The Balaban J connectivity index is 1.54. The second-order valence-corrected chi connectivity index (χ2v) is 5.88. The number of anilines is 1. The van der Waals surface area contributed by atoms with E-state index in [-0.39, 0.29) is 24.8 Å². The first-order valence-electron chi connectivity index (χ1n) is 8.10. The van der Waals surface area contributed by atoms with Crippen LogP contribution in [0.1, 0.15) is 23.8 Å². The number of para-hydroxylation sites is 1. The molecule has 3 heterocycles. The van der Waals surface area contributed by atoms with Gasteiger partial charge in [0.15, 0.2) is 11.2 Å². The van der Waals surface area contributed by atoms with Crippen LogP contribution in [-0.4, -0.2) is 28.9 Å². The predicted octanol–water partition coefficient (Wildman–Crippen LogP) is 1.97. The molecule has 4 rings (SSSR count). The van der Waals surface area contributed by atoms with Crippen molar-refractivity contribution >= 4 is 28.7 Å². The fourth-order valence-electron chi connectivity index (χ4n) is 3.04. The minimum absolute atomic E-state index is 0.0706. The molecule has 1 unspecified atom stereocenters. The van der Waals surface area contributed by atoms with E-state index in [4.69, 9.17) is 9.15 Å². The number of nitrogens with zero attached hydrogens (tertiary/aromatic N) is 2. The quantitative estimate of drug-likeness (QED) is 0.743. The Kier molecular flexibility index (Phi) is 4.00. The lowest BCUT2D eigenvalue weighted by Gasteiger charge is -2.26. The lowest BCUT2D eigenvalue weighted by atomic mass is 9.89. The van der Waals surface area contributed by atoms with Gasteiger partial charge in [-0.15, -0.1) is 0 Å². The van der Waals surface area contributed by atoms with Gasteiger partial charge in [0.1, 0.15) is 5.75 Å². The number of oxazole rings is 1. The fourth-order valence-corrected chi connectivity index (χ4v) is 3.04. The number of amides is 2. The van der Waals surface area contributed by atoms with Crippen LogP contribution in [-0.2, 0) is 16.1 Å². The summed E-state index contributed by atoms with van der Waals surface area (Å²) in [7, 11) is 1.52. The zero-order chi connectivity index (χ0) is 18.1. The van der Waals surface area contributed by atoms with Gasteiger partial charge in [-0.25, -0.2) is 4.98 Å². The molecule has 8 heteroatoms. The summed E-state index contributed by atoms with van der Waals surface area (Å²) in [6.45, 7) is 0.118. The van der Waals surface area contributed by atoms with E-state index in [2.05, 4.69) is 20.6 Å². The molecule has 0 spiro atoms. The van der Waals surface area contributed by atoms with Crippen molar-refractivity contribution in [3.8, 4) is 5.75 Å². The van der Waals surface area contributed by atoms with Crippen molar-refractivity contribution in [3.63, 3.8) is 0 Å². The average molecular weight is 352 g/mol. The Bertz CT molecular complexity index is 965. The summed E-state index contributed by atoms with van der Waals surface area (Å²) >= 11 is 0. The molecule has 8 nitrogen and oxygen atoms in total. The summed E-state index contributed by atoms with van der Waals surface area (Å²) < 4.78 is 10.8. The zero-order valence-electron chi connectivity index (χ0n) is 14.0. The Hall–Kier alpha value is -3.42. The van der Waals surface area contributed by atoms with Gasteiger partial charge >= 0.3 is 0 Å². The first-order valence-corrected chi connectivity index (χ1v) is 8.10. The van der Waals surface area contributed by atoms with E-state index in [1.807, 2.05) is 6.07 Å². The van der Waals surface area contributed by atoms with Gasteiger partial charge in [0.05, 0.1) is 25.3 Å². The standard InChI is InChI=1S/C18H16N4O4/c1-25-12-5-2-4-10-11(8-14(23)21-16(10)12)18(24)20-9-15-22-17-13(26-15)6-3-7-19-17/h2-7,11H,8-9H2,1H3,(H,20,24)(H,21,23). The molecule has 2 N–H and O–H groups in total. The van der Waals surface area contributed by atoms with Gasteiger partial charge in [-0.05, 0) is 23.8 Å². The Morgan fingerprint density at radius 1 is 1.38 bits per heavy atom. The molecular weight excluding hydrogens is 336 g/mol. The number of ether oxygens (including phenoxy) is 1. The molecule has 132 valence electrons. The Morgan fingerprint density at radius 3 is 3.08 bits per heavy atom. The van der Waals surface area contributed by atoms with Gasteiger partial charge in [-0.2, -0.15) is 4.98 Å². The van der Waals surface area contributed by atoms with E-state index < -0.39 is 5.92 Å². The van der Waals surface area contributed by atoms with E-state index in [9.17, 15) is 9.59 Å². The van der Waals surface area contributed by atoms with Crippen LogP contribution in [0.15, 0.2) is 40.9 Å². The fraction of sp³-hybridized carbons (Fsp3) is 0.222. The SMILES string of the molecule is COc1cccc2c1NC(=O)CC2C(=O)NCc1nc2ncccc2o1. The maximum absolute atomic E-state index is 12.7. The second kappa shape index (κ2) is 6.47. The first kappa shape index (κ1) is 16.1. The van der Waals surface area contributed by atoms with Crippen molar-refractivity contribution in [2.45, 2.75) is 18.9 Å². The highest BCUT2D eigenvalue weighted by Gasteiger charge is 2.32. The van der Waals surface area contributed by atoms with E-state index in [0.29, 0.717) is 28.6 Å². The highest BCUT2D eigenvalue weighted by atomic mass is 16.5.